The minimum absolute atomic E-state index is 0.0554. The summed E-state index contributed by atoms with van der Waals surface area (Å²) < 4.78 is 24.8. The number of halogens is 1. The second kappa shape index (κ2) is 12.4. The van der Waals surface area contributed by atoms with Gasteiger partial charge in [-0.2, -0.15) is 0 Å². The van der Waals surface area contributed by atoms with Crippen molar-refractivity contribution in [3.8, 4) is 0 Å². The predicted molar refractivity (Wildman–Crippen MR) is 140 cm³/mol. The van der Waals surface area contributed by atoms with E-state index in [1.807, 2.05) is 0 Å². The van der Waals surface area contributed by atoms with Crippen LogP contribution in [0.4, 0.5) is 4.39 Å². The third-order valence-corrected chi connectivity index (χ3v) is 9.31. The molecule has 204 valence electrons. The third kappa shape index (κ3) is 7.18. The SMILES string of the molecule is O=C(CC1CCC2(CC1)OCCO2)N[C@H]1CC[C@H](CCN2CCC(C(=O)c3ccc(F)cc3)CC2)CC1. The highest BCUT2D eigenvalue weighted by Crippen LogP contribution is 2.39. The van der Waals surface area contributed by atoms with Gasteiger partial charge < -0.3 is 19.7 Å². The Morgan fingerprint density at radius 3 is 2.19 bits per heavy atom. The maximum Gasteiger partial charge on any atom is 0.220 e. The second-order valence-electron chi connectivity index (χ2n) is 11.8. The monoisotopic (exact) mass is 514 g/mol. The van der Waals surface area contributed by atoms with Gasteiger partial charge in [-0.15, -0.1) is 0 Å². The molecule has 2 heterocycles. The molecule has 4 aliphatic rings. The predicted octanol–water partition coefficient (Wildman–Crippen LogP) is 5.11. The van der Waals surface area contributed by atoms with Gasteiger partial charge in [0.2, 0.25) is 5.91 Å². The highest BCUT2D eigenvalue weighted by Gasteiger charge is 2.40. The molecule has 1 spiro atoms. The quantitative estimate of drug-likeness (QED) is 0.489. The van der Waals surface area contributed by atoms with Crippen LogP contribution in [0.1, 0.15) is 87.4 Å². The highest BCUT2D eigenvalue weighted by molar-refractivity contribution is 5.97. The molecule has 1 aromatic rings. The molecule has 37 heavy (non-hydrogen) atoms. The molecule has 0 unspecified atom stereocenters. The smallest absolute Gasteiger partial charge is 0.220 e. The molecule has 0 atom stereocenters. The van der Waals surface area contributed by atoms with E-state index in [0.717, 1.165) is 76.9 Å². The lowest BCUT2D eigenvalue weighted by Gasteiger charge is -2.36. The molecule has 2 saturated heterocycles. The summed E-state index contributed by atoms with van der Waals surface area (Å²) in [5, 5.41) is 3.32. The molecule has 1 N–H and O–H groups in total. The Morgan fingerprint density at radius 2 is 1.54 bits per heavy atom. The topological polar surface area (TPSA) is 67.9 Å². The van der Waals surface area contributed by atoms with E-state index < -0.39 is 0 Å². The van der Waals surface area contributed by atoms with Gasteiger partial charge in [0.25, 0.3) is 0 Å². The number of nitrogens with zero attached hydrogens (tertiary/aromatic N) is 1. The first-order valence-corrected chi connectivity index (χ1v) is 14.6. The van der Waals surface area contributed by atoms with Gasteiger partial charge in [0, 0.05) is 36.8 Å². The van der Waals surface area contributed by atoms with Crippen molar-refractivity contribution >= 4 is 11.7 Å². The van der Waals surface area contributed by atoms with Gasteiger partial charge in [0.1, 0.15) is 5.82 Å². The summed E-state index contributed by atoms with van der Waals surface area (Å²) >= 11 is 0. The molecule has 1 aromatic carbocycles. The molecular formula is C30H43FN2O4. The average Bonchev–Trinajstić information content (AvgIpc) is 3.38. The Bertz CT molecular complexity index is 891. The first kappa shape index (κ1) is 26.8. The molecule has 4 fully saturated rings. The maximum atomic E-state index is 13.1. The lowest BCUT2D eigenvalue weighted by atomic mass is 9.82. The fraction of sp³-hybridized carbons (Fsp3) is 0.733. The number of rotatable bonds is 8. The van der Waals surface area contributed by atoms with Crippen molar-refractivity contribution in [2.45, 2.75) is 88.9 Å². The third-order valence-electron chi connectivity index (χ3n) is 9.31. The van der Waals surface area contributed by atoms with Crippen LogP contribution < -0.4 is 5.32 Å². The molecule has 6 nitrogen and oxygen atoms in total. The van der Waals surface area contributed by atoms with Crippen molar-refractivity contribution in [3.05, 3.63) is 35.6 Å². The number of ketones is 1. The number of amides is 1. The summed E-state index contributed by atoms with van der Waals surface area (Å²) in [7, 11) is 0. The molecule has 2 saturated carbocycles. The minimum Gasteiger partial charge on any atom is -0.353 e. The van der Waals surface area contributed by atoms with Crippen LogP contribution in [-0.4, -0.2) is 61.3 Å². The van der Waals surface area contributed by atoms with E-state index in [4.69, 9.17) is 9.47 Å². The van der Waals surface area contributed by atoms with E-state index in [-0.39, 0.29) is 29.2 Å². The summed E-state index contributed by atoms with van der Waals surface area (Å²) in [5.41, 5.74) is 0.629. The number of hydrogen-bond donors (Lipinski definition) is 1. The first-order valence-electron chi connectivity index (χ1n) is 14.6. The largest absolute Gasteiger partial charge is 0.353 e. The molecule has 0 radical (unpaired) electrons. The van der Waals surface area contributed by atoms with Crippen LogP contribution in [0.15, 0.2) is 24.3 Å². The van der Waals surface area contributed by atoms with Gasteiger partial charge in [0.15, 0.2) is 11.6 Å². The van der Waals surface area contributed by atoms with Crippen LogP contribution in [0.5, 0.6) is 0 Å². The van der Waals surface area contributed by atoms with E-state index in [0.29, 0.717) is 37.2 Å². The number of likely N-dealkylation sites (tertiary alicyclic amines) is 1. The Morgan fingerprint density at radius 1 is 0.892 bits per heavy atom. The Kier molecular flexibility index (Phi) is 8.93. The molecule has 0 aromatic heterocycles. The van der Waals surface area contributed by atoms with Crippen molar-refractivity contribution in [1.82, 2.24) is 10.2 Å². The zero-order chi connectivity index (χ0) is 25.7. The van der Waals surface area contributed by atoms with Gasteiger partial charge in [-0.1, -0.05) is 0 Å². The number of carbonyl (C=O) groups is 2. The van der Waals surface area contributed by atoms with Crippen molar-refractivity contribution in [2.24, 2.45) is 17.8 Å². The fourth-order valence-electron chi connectivity index (χ4n) is 6.89. The fourth-order valence-corrected chi connectivity index (χ4v) is 6.89. The number of ether oxygens (including phenoxy) is 2. The Hall–Kier alpha value is -1.83. The molecular weight excluding hydrogens is 471 g/mol. The number of nitrogens with one attached hydrogen (secondary N) is 1. The normalized spacial score (nSPS) is 27.4. The first-order chi connectivity index (χ1) is 18.0. The lowest BCUT2D eigenvalue weighted by Crippen LogP contribution is -2.41. The van der Waals surface area contributed by atoms with Crippen LogP contribution >= 0.6 is 0 Å². The van der Waals surface area contributed by atoms with Crippen LogP contribution in [0.25, 0.3) is 0 Å². The van der Waals surface area contributed by atoms with Crippen LogP contribution in [0, 0.1) is 23.6 Å². The maximum absolute atomic E-state index is 13.1. The van der Waals surface area contributed by atoms with Crippen molar-refractivity contribution in [2.75, 3.05) is 32.8 Å². The second-order valence-corrected chi connectivity index (χ2v) is 11.8. The van der Waals surface area contributed by atoms with Gasteiger partial charge >= 0.3 is 0 Å². The van der Waals surface area contributed by atoms with Crippen LogP contribution in [0.2, 0.25) is 0 Å². The summed E-state index contributed by atoms with van der Waals surface area (Å²) in [6.07, 6.45) is 12.0. The van der Waals surface area contributed by atoms with E-state index in [9.17, 15) is 14.0 Å². The summed E-state index contributed by atoms with van der Waals surface area (Å²) in [4.78, 5) is 27.9. The van der Waals surface area contributed by atoms with Crippen LogP contribution in [-0.2, 0) is 14.3 Å². The van der Waals surface area contributed by atoms with E-state index in [2.05, 4.69) is 10.2 Å². The molecule has 7 heteroatoms. The van der Waals surface area contributed by atoms with Gasteiger partial charge in [-0.05, 0) is 114 Å². The Labute approximate surface area is 220 Å². The van der Waals surface area contributed by atoms with Gasteiger partial charge in [-0.25, -0.2) is 4.39 Å². The lowest BCUT2D eigenvalue weighted by molar-refractivity contribution is -0.183. The van der Waals surface area contributed by atoms with Crippen molar-refractivity contribution < 1.29 is 23.5 Å². The minimum atomic E-state index is -0.345. The molecule has 0 bridgehead atoms. The van der Waals surface area contributed by atoms with E-state index in [1.165, 1.54) is 31.4 Å². The van der Waals surface area contributed by atoms with Gasteiger partial charge in [-0.3, -0.25) is 9.59 Å². The van der Waals surface area contributed by atoms with Crippen LogP contribution in [0.3, 0.4) is 0 Å². The molecule has 1 amide bonds. The summed E-state index contributed by atoms with van der Waals surface area (Å²) in [5.74, 6) is 0.964. The zero-order valence-electron chi connectivity index (χ0n) is 22.1. The number of carbonyl (C=O) groups excluding carboxylic acids is 2. The number of benzene rings is 1. The number of hydrogen-bond acceptors (Lipinski definition) is 5. The van der Waals surface area contributed by atoms with Gasteiger partial charge in [0.05, 0.1) is 13.2 Å². The molecule has 5 rings (SSSR count). The van der Waals surface area contributed by atoms with E-state index >= 15 is 0 Å². The highest BCUT2D eigenvalue weighted by atomic mass is 19.1. The summed E-state index contributed by atoms with van der Waals surface area (Å²) in [6, 6.07) is 6.28. The van der Waals surface area contributed by atoms with Crippen molar-refractivity contribution in [1.29, 1.82) is 0 Å². The average molecular weight is 515 g/mol. The van der Waals surface area contributed by atoms with E-state index in [1.54, 1.807) is 12.1 Å². The van der Waals surface area contributed by atoms with Crippen molar-refractivity contribution in [3.63, 3.8) is 0 Å². The molecule has 2 aliphatic carbocycles. The number of Topliss-reactive ketones (excluding diaryl/α,β-unsaturated/α-hetero) is 1. The molecule has 2 aliphatic heterocycles. The summed E-state index contributed by atoms with van der Waals surface area (Å²) in [6.45, 7) is 4.42. The number of piperidine rings is 1. The zero-order valence-corrected chi connectivity index (χ0v) is 22.1. The Balaban J connectivity index is 0.940. The standard InChI is InChI=1S/C30H43FN2O4/c31-26-5-3-24(4-6-26)29(35)25-12-17-33(18-13-25)16-11-22-1-7-27(8-2-22)32-28(34)21-23-9-14-30(15-10-23)36-19-20-37-30/h3-6,22-23,25,27H,1-2,7-21H2,(H,32,34)/t22-,27-.